The fraction of sp³-hybridized carbons (Fsp3) is 0.632. The lowest BCUT2D eigenvalue weighted by atomic mass is 9.93. The number of rotatable bonds is 3. The SMILES string of the molecule is C[C@@H]1CCC[C@H](N)c2cccc(c2)CC(CCN(C)C)NC1=O. The molecule has 4 nitrogen and oxygen atoms in total. The maximum absolute atomic E-state index is 12.4. The van der Waals surface area contributed by atoms with E-state index in [4.69, 9.17) is 5.73 Å². The average molecular weight is 317 g/mol. The third kappa shape index (κ3) is 5.63. The second-order valence-corrected chi connectivity index (χ2v) is 7.19. The molecule has 23 heavy (non-hydrogen) atoms. The molecule has 1 amide bonds. The molecule has 2 rings (SSSR count). The maximum atomic E-state index is 12.4. The van der Waals surface area contributed by atoms with Crippen LogP contribution in [0.2, 0.25) is 0 Å². The Balaban J connectivity index is 2.19. The molecule has 0 aliphatic carbocycles. The number of hydrogen-bond donors (Lipinski definition) is 2. The van der Waals surface area contributed by atoms with E-state index in [-0.39, 0.29) is 23.9 Å². The van der Waals surface area contributed by atoms with E-state index >= 15 is 0 Å². The van der Waals surface area contributed by atoms with E-state index in [1.54, 1.807) is 0 Å². The Morgan fingerprint density at radius 2 is 2.09 bits per heavy atom. The Bertz CT molecular complexity index is 515. The van der Waals surface area contributed by atoms with Crippen molar-refractivity contribution < 1.29 is 4.79 Å². The first-order valence-corrected chi connectivity index (χ1v) is 8.75. The lowest BCUT2D eigenvalue weighted by molar-refractivity contribution is -0.125. The van der Waals surface area contributed by atoms with Gasteiger partial charge < -0.3 is 16.0 Å². The summed E-state index contributed by atoms with van der Waals surface area (Å²) in [6.45, 7) is 2.99. The van der Waals surface area contributed by atoms with Crippen molar-refractivity contribution in [2.75, 3.05) is 20.6 Å². The van der Waals surface area contributed by atoms with Gasteiger partial charge in [-0.3, -0.25) is 4.79 Å². The number of nitrogens with zero attached hydrogens (tertiary/aromatic N) is 1. The van der Waals surface area contributed by atoms with Crippen LogP contribution >= 0.6 is 0 Å². The first kappa shape index (κ1) is 18.0. The second kappa shape index (κ2) is 8.46. The largest absolute Gasteiger partial charge is 0.353 e. The predicted molar refractivity (Wildman–Crippen MR) is 95.2 cm³/mol. The minimum absolute atomic E-state index is 0.0572. The van der Waals surface area contributed by atoms with Crippen molar-refractivity contribution in [3.8, 4) is 0 Å². The van der Waals surface area contributed by atoms with Gasteiger partial charge in [0.05, 0.1) is 0 Å². The van der Waals surface area contributed by atoms with Crippen molar-refractivity contribution in [3.63, 3.8) is 0 Å². The van der Waals surface area contributed by atoms with E-state index in [0.29, 0.717) is 0 Å². The third-order valence-electron chi connectivity index (χ3n) is 4.73. The highest BCUT2D eigenvalue weighted by molar-refractivity contribution is 5.78. The molecule has 0 saturated carbocycles. The number of benzene rings is 1. The van der Waals surface area contributed by atoms with E-state index in [0.717, 1.165) is 38.6 Å². The summed E-state index contributed by atoms with van der Waals surface area (Å²) in [5.74, 6) is 0.237. The smallest absolute Gasteiger partial charge is 0.223 e. The molecule has 1 aliphatic heterocycles. The summed E-state index contributed by atoms with van der Waals surface area (Å²) >= 11 is 0. The van der Waals surface area contributed by atoms with Gasteiger partial charge in [-0.2, -0.15) is 0 Å². The topological polar surface area (TPSA) is 58.4 Å². The van der Waals surface area contributed by atoms with Gasteiger partial charge in [0, 0.05) is 18.0 Å². The minimum atomic E-state index is 0.0572. The van der Waals surface area contributed by atoms with Crippen LogP contribution in [-0.4, -0.2) is 37.5 Å². The number of nitrogens with one attached hydrogen (secondary N) is 1. The summed E-state index contributed by atoms with van der Waals surface area (Å²) in [7, 11) is 4.14. The molecule has 128 valence electrons. The summed E-state index contributed by atoms with van der Waals surface area (Å²) < 4.78 is 0. The molecule has 1 aliphatic rings. The maximum Gasteiger partial charge on any atom is 0.223 e. The van der Waals surface area contributed by atoms with Crippen molar-refractivity contribution in [2.45, 2.75) is 51.1 Å². The Morgan fingerprint density at radius 3 is 2.83 bits per heavy atom. The van der Waals surface area contributed by atoms with Gasteiger partial charge in [-0.15, -0.1) is 0 Å². The molecule has 2 bridgehead atoms. The van der Waals surface area contributed by atoms with Crippen LogP contribution in [0, 0.1) is 5.92 Å². The monoisotopic (exact) mass is 317 g/mol. The summed E-state index contributed by atoms with van der Waals surface area (Å²) in [6, 6.07) is 8.81. The molecule has 0 saturated heterocycles. The summed E-state index contributed by atoms with van der Waals surface area (Å²) in [6.07, 6.45) is 4.65. The molecular formula is C19H31N3O. The second-order valence-electron chi connectivity index (χ2n) is 7.19. The van der Waals surface area contributed by atoms with Gasteiger partial charge in [0.2, 0.25) is 5.91 Å². The van der Waals surface area contributed by atoms with Crippen LogP contribution in [0.15, 0.2) is 24.3 Å². The van der Waals surface area contributed by atoms with Crippen LogP contribution in [0.1, 0.15) is 49.8 Å². The van der Waals surface area contributed by atoms with Gasteiger partial charge in [0.1, 0.15) is 0 Å². The van der Waals surface area contributed by atoms with E-state index < -0.39 is 0 Å². The molecule has 0 aromatic heterocycles. The number of hydrogen-bond acceptors (Lipinski definition) is 3. The van der Waals surface area contributed by atoms with Crippen LogP contribution < -0.4 is 11.1 Å². The van der Waals surface area contributed by atoms with Gasteiger partial charge in [0.15, 0.2) is 0 Å². The van der Waals surface area contributed by atoms with Crippen molar-refractivity contribution in [2.24, 2.45) is 11.7 Å². The average Bonchev–Trinajstić information content (AvgIpc) is 2.51. The molecule has 1 aromatic carbocycles. The number of amides is 1. The van der Waals surface area contributed by atoms with E-state index in [9.17, 15) is 4.79 Å². The van der Waals surface area contributed by atoms with Crippen LogP contribution in [0.3, 0.4) is 0 Å². The van der Waals surface area contributed by atoms with Gasteiger partial charge in [-0.1, -0.05) is 37.6 Å². The molecule has 3 N–H and O–H groups in total. The Morgan fingerprint density at radius 1 is 1.30 bits per heavy atom. The first-order chi connectivity index (χ1) is 11.0. The molecule has 3 atom stereocenters. The third-order valence-corrected chi connectivity index (χ3v) is 4.73. The van der Waals surface area contributed by atoms with Crippen molar-refractivity contribution in [3.05, 3.63) is 35.4 Å². The molecule has 1 unspecified atom stereocenters. The first-order valence-electron chi connectivity index (χ1n) is 8.75. The lowest BCUT2D eigenvalue weighted by Crippen LogP contribution is -2.41. The van der Waals surface area contributed by atoms with E-state index in [1.165, 1.54) is 11.1 Å². The Labute approximate surface area is 140 Å². The van der Waals surface area contributed by atoms with Gasteiger partial charge in [-0.25, -0.2) is 0 Å². The number of fused-ring (bicyclic) bond motifs is 2. The van der Waals surface area contributed by atoms with E-state index in [2.05, 4.69) is 48.6 Å². The molecule has 4 heteroatoms. The molecule has 1 aromatic rings. The van der Waals surface area contributed by atoms with Crippen LogP contribution in [0.25, 0.3) is 0 Å². The van der Waals surface area contributed by atoms with Crippen LogP contribution in [0.4, 0.5) is 0 Å². The normalized spacial score (nSPS) is 26.3. The van der Waals surface area contributed by atoms with Gasteiger partial charge in [-0.05, 0) is 57.5 Å². The van der Waals surface area contributed by atoms with Crippen LogP contribution in [-0.2, 0) is 11.2 Å². The standard InChI is InChI=1S/C19H31N3O/c1-14-6-4-9-18(20)16-8-5-7-15(12-16)13-17(21-19(14)23)10-11-22(2)3/h5,7-8,12,14,17-18H,4,6,9-11,13,20H2,1-3H3,(H,21,23)/t14-,17?,18+/m1/s1. The molecule has 0 spiro atoms. The number of carbonyl (C=O) groups is 1. The van der Waals surface area contributed by atoms with Crippen molar-refractivity contribution >= 4 is 5.91 Å². The van der Waals surface area contributed by atoms with Gasteiger partial charge >= 0.3 is 0 Å². The Kier molecular flexibility index (Phi) is 6.60. The number of carbonyl (C=O) groups excluding carboxylic acids is 1. The fourth-order valence-corrected chi connectivity index (χ4v) is 3.16. The highest BCUT2D eigenvalue weighted by Crippen LogP contribution is 2.22. The quantitative estimate of drug-likeness (QED) is 0.900. The molecule has 0 fully saturated rings. The van der Waals surface area contributed by atoms with Crippen molar-refractivity contribution in [1.82, 2.24) is 10.2 Å². The highest BCUT2D eigenvalue weighted by atomic mass is 16.1. The zero-order valence-electron chi connectivity index (χ0n) is 14.7. The molecular weight excluding hydrogens is 286 g/mol. The van der Waals surface area contributed by atoms with Gasteiger partial charge in [0.25, 0.3) is 0 Å². The molecule has 0 radical (unpaired) electrons. The summed E-state index contributed by atoms with van der Waals surface area (Å²) in [4.78, 5) is 14.6. The molecule has 1 heterocycles. The summed E-state index contributed by atoms with van der Waals surface area (Å²) in [5.41, 5.74) is 8.80. The lowest BCUT2D eigenvalue weighted by Gasteiger charge is -2.24. The zero-order valence-corrected chi connectivity index (χ0v) is 14.7. The Hall–Kier alpha value is -1.39. The predicted octanol–water partition coefficient (Wildman–Crippen LogP) is 2.49. The summed E-state index contributed by atoms with van der Waals surface area (Å²) in [5, 5.41) is 3.26. The van der Waals surface area contributed by atoms with Crippen molar-refractivity contribution in [1.29, 1.82) is 0 Å². The minimum Gasteiger partial charge on any atom is -0.353 e. The van der Waals surface area contributed by atoms with E-state index in [1.807, 2.05) is 6.92 Å². The van der Waals surface area contributed by atoms with Crippen LogP contribution in [0.5, 0.6) is 0 Å². The fourth-order valence-electron chi connectivity index (χ4n) is 3.16. The number of nitrogens with two attached hydrogens (primary N) is 1. The zero-order chi connectivity index (χ0) is 16.8. The highest BCUT2D eigenvalue weighted by Gasteiger charge is 2.20.